The van der Waals surface area contributed by atoms with E-state index in [0.717, 1.165) is 30.0 Å². The second-order valence-electron chi connectivity index (χ2n) is 4.82. The highest BCUT2D eigenvalue weighted by Crippen LogP contribution is 2.24. The van der Waals surface area contributed by atoms with Crippen LogP contribution in [-0.4, -0.2) is 20.3 Å². The number of nitrogens with one attached hydrogen (secondary N) is 1. The van der Waals surface area contributed by atoms with E-state index >= 15 is 0 Å². The standard InChI is InChI=1S/C15H25NO2/c1-6-14(11(2)3)16-10-12-7-8-13(17-4)9-15(12)18-5/h7-9,11,14,16H,6,10H2,1-5H3. The van der Waals surface area contributed by atoms with Crippen LogP contribution in [0.4, 0.5) is 0 Å². The van der Waals surface area contributed by atoms with Crippen LogP contribution in [0.5, 0.6) is 11.5 Å². The average Bonchev–Trinajstić information content (AvgIpc) is 2.39. The van der Waals surface area contributed by atoms with Crippen LogP contribution in [0.1, 0.15) is 32.8 Å². The van der Waals surface area contributed by atoms with E-state index in [0.29, 0.717) is 12.0 Å². The van der Waals surface area contributed by atoms with Crippen molar-refractivity contribution in [2.45, 2.75) is 39.8 Å². The molecule has 0 heterocycles. The third kappa shape index (κ3) is 3.91. The summed E-state index contributed by atoms with van der Waals surface area (Å²) < 4.78 is 10.6. The van der Waals surface area contributed by atoms with Crippen LogP contribution >= 0.6 is 0 Å². The lowest BCUT2D eigenvalue weighted by molar-refractivity contribution is 0.371. The molecular formula is C15H25NO2. The SMILES string of the molecule is CCC(NCc1ccc(OC)cc1OC)C(C)C. The van der Waals surface area contributed by atoms with Gasteiger partial charge in [0.15, 0.2) is 0 Å². The fraction of sp³-hybridized carbons (Fsp3) is 0.600. The third-order valence-corrected chi connectivity index (χ3v) is 3.29. The van der Waals surface area contributed by atoms with Gasteiger partial charge in [-0.1, -0.05) is 26.8 Å². The lowest BCUT2D eigenvalue weighted by Gasteiger charge is -2.21. The van der Waals surface area contributed by atoms with Gasteiger partial charge in [0, 0.05) is 24.2 Å². The molecule has 0 radical (unpaired) electrons. The monoisotopic (exact) mass is 251 g/mol. The maximum atomic E-state index is 5.39. The Balaban J connectivity index is 2.72. The maximum Gasteiger partial charge on any atom is 0.127 e. The predicted molar refractivity (Wildman–Crippen MR) is 75.3 cm³/mol. The summed E-state index contributed by atoms with van der Waals surface area (Å²) in [5.41, 5.74) is 1.16. The van der Waals surface area contributed by atoms with Crippen molar-refractivity contribution in [1.82, 2.24) is 5.32 Å². The minimum Gasteiger partial charge on any atom is -0.497 e. The van der Waals surface area contributed by atoms with Crippen molar-refractivity contribution in [3.05, 3.63) is 23.8 Å². The Labute approximate surface area is 110 Å². The molecule has 1 unspecified atom stereocenters. The zero-order valence-electron chi connectivity index (χ0n) is 12.1. The third-order valence-electron chi connectivity index (χ3n) is 3.29. The summed E-state index contributed by atoms with van der Waals surface area (Å²) >= 11 is 0. The molecule has 0 aliphatic carbocycles. The van der Waals surface area contributed by atoms with Crippen LogP contribution in [0, 0.1) is 5.92 Å². The molecule has 1 aromatic carbocycles. The molecule has 1 rings (SSSR count). The van der Waals surface area contributed by atoms with Gasteiger partial charge in [-0.3, -0.25) is 0 Å². The molecule has 1 aromatic rings. The van der Waals surface area contributed by atoms with E-state index in [9.17, 15) is 0 Å². The van der Waals surface area contributed by atoms with E-state index in [-0.39, 0.29) is 0 Å². The molecule has 0 spiro atoms. The quantitative estimate of drug-likeness (QED) is 0.807. The number of methoxy groups -OCH3 is 2. The van der Waals surface area contributed by atoms with E-state index in [4.69, 9.17) is 9.47 Å². The number of hydrogen-bond acceptors (Lipinski definition) is 3. The molecule has 0 saturated heterocycles. The van der Waals surface area contributed by atoms with E-state index in [1.807, 2.05) is 12.1 Å². The average molecular weight is 251 g/mol. The van der Waals surface area contributed by atoms with Gasteiger partial charge in [0.1, 0.15) is 11.5 Å². The Bertz CT molecular complexity index is 364. The Morgan fingerprint density at radius 1 is 1.17 bits per heavy atom. The maximum absolute atomic E-state index is 5.39. The molecule has 0 aliphatic heterocycles. The first-order valence-electron chi connectivity index (χ1n) is 6.56. The van der Waals surface area contributed by atoms with Gasteiger partial charge in [-0.15, -0.1) is 0 Å². The van der Waals surface area contributed by atoms with E-state index in [1.54, 1.807) is 14.2 Å². The molecule has 1 N–H and O–H groups in total. The van der Waals surface area contributed by atoms with Crippen molar-refractivity contribution in [1.29, 1.82) is 0 Å². The number of benzene rings is 1. The molecule has 1 atom stereocenters. The van der Waals surface area contributed by atoms with Crippen LogP contribution in [0.2, 0.25) is 0 Å². The van der Waals surface area contributed by atoms with Gasteiger partial charge in [-0.2, -0.15) is 0 Å². The summed E-state index contributed by atoms with van der Waals surface area (Å²) in [4.78, 5) is 0. The summed E-state index contributed by atoms with van der Waals surface area (Å²) in [5.74, 6) is 2.34. The molecule has 0 bridgehead atoms. The minimum atomic E-state index is 0.539. The molecule has 0 amide bonds. The second kappa shape index (κ2) is 7.27. The summed E-state index contributed by atoms with van der Waals surface area (Å²) in [7, 11) is 3.36. The fourth-order valence-electron chi connectivity index (χ4n) is 2.09. The smallest absolute Gasteiger partial charge is 0.127 e. The van der Waals surface area contributed by atoms with Crippen LogP contribution in [0.3, 0.4) is 0 Å². The number of ether oxygens (including phenoxy) is 2. The highest BCUT2D eigenvalue weighted by atomic mass is 16.5. The first-order chi connectivity index (χ1) is 8.62. The zero-order chi connectivity index (χ0) is 13.5. The van der Waals surface area contributed by atoms with Crippen molar-refractivity contribution in [2.75, 3.05) is 14.2 Å². The molecule has 102 valence electrons. The van der Waals surface area contributed by atoms with Crippen molar-refractivity contribution in [3.63, 3.8) is 0 Å². The Morgan fingerprint density at radius 2 is 1.89 bits per heavy atom. The van der Waals surface area contributed by atoms with Crippen LogP contribution < -0.4 is 14.8 Å². The van der Waals surface area contributed by atoms with Crippen molar-refractivity contribution in [2.24, 2.45) is 5.92 Å². The summed E-state index contributed by atoms with van der Waals surface area (Å²) in [5, 5.41) is 3.58. The van der Waals surface area contributed by atoms with Gasteiger partial charge in [-0.25, -0.2) is 0 Å². The second-order valence-corrected chi connectivity index (χ2v) is 4.82. The number of rotatable bonds is 7. The molecule has 18 heavy (non-hydrogen) atoms. The van der Waals surface area contributed by atoms with Crippen LogP contribution in [0.25, 0.3) is 0 Å². The zero-order valence-corrected chi connectivity index (χ0v) is 12.1. The molecule has 0 aromatic heterocycles. The fourth-order valence-corrected chi connectivity index (χ4v) is 2.09. The van der Waals surface area contributed by atoms with Crippen molar-refractivity contribution >= 4 is 0 Å². The first-order valence-corrected chi connectivity index (χ1v) is 6.56. The summed E-state index contributed by atoms with van der Waals surface area (Å²) in [6.07, 6.45) is 1.14. The largest absolute Gasteiger partial charge is 0.497 e. The summed E-state index contributed by atoms with van der Waals surface area (Å²) in [6, 6.07) is 6.48. The number of hydrogen-bond donors (Lipinski definition) is 1. The lowest BCUT2D eigenvalue weighted by atomic mass is 10.0. The lowest BCUT2D eigenvalue weighted by Crippen LogP contribution is -2.32. The first kappa shape index (κ1) is 14.8. The Kier molecular flexibility index (Phi) is 5.99. The van der Waals surface area contributed by atoms with Gasteiger partial charge in [-0.05, 0) is 18.4 Å². The Hall–Kier alpha value is -1.22. The van der Waals surface area contributed by atoms with Gasteiger partial charge in [0.2, 0.25) is 0 Å². The highest BCUT2D eigenvalue weighted by Gasteiger charge is 2.11. The molecular weight excluding hydrogens is 226 g/mol. The molecule has 3 nitrogen and oxygen atoms in total. The predicted octanol–water partition coefficient (Wildman–Crippen LogP) is 3.23. The van der Waals surface area contributed by atoms with Crippen molar-refractivity contribution < 1.29 is 9.47 Å². The van der Waals surface area contributed by atoms with E-state index in [1.165, 1.54) is 0 Å². The molecule has 3 heteroatoms. The van der Waals surface area contributed by atoms with Gasteiger partial charge >= 0.3 is 0 Å². The minimum absolute atomic E-state index is 0.539. The van der Waals surface area contributed by atoms with Gasteiger partial charge < -0.3 is 14.8 Å². The van der Waals surface area contributed by atoms with Crippen LogP contribution in [0.15, 0.2) is 18.2 Å². The molecule has 0 saturated carbocycles. The normalized spacial score (nSPS) is 12.6. The van der Waals surface area contributed by atoms with E-state index in [2.05, 4.69) is 32.2 Å². The molecule has 0 aliphatic rings. The summed E-state index contributed by atoms with van der Waals surface area (Å²) in [6.45, 7) is 7.52. The molecule has 0 fully saturated rings. The van der Waals surface area contributed by atoms with E-state index < -0.39 is 0 Å². The Morgan fingerprint density at radius 3 is 2.39 bits per heavy atom. The van der Waals surface area contributed by atoms with Gasteiger partial charge in [0.05, 0.1) is 14.2 Å². The van der Waals surface area contributed by atoms with Crippen molar-refractivity contribution in [3.8, 4) is 11.5 Å². The topological polar surface area (TPSA) is 30.5 Å². The van der Waals surface area contributed by atoms with Gasteiger partial charge in [0.25, 0.3) is 0 Å². The van der Waals surface area contributed by atoms with Crippen LogP contribution in [-0.2, 0) is 6.54 Å². The highest BCUT2D eigenvalue weighted by molar-refractivity contribution is 5.40.